The van der Waals surface area contributed by atoms with Gasteiger partial charge in [0.1, 0.15) is 17.2 Å². The monoisotopic (exact) mass is 417 g/mol. The van der Waals surface area contributed by atoms with Gasteiger partial charge in [-0.05, 0) is 30.7 Å². The number of para-hydroxylation sites is 1. The Balaban J connectivity index is 2.01. The van der Waals surface area contributed by atoms with E-state index in [1.165, 1.54) is 32.4 Å². The molecule has 1 aliphatic rings. The Morgan fingerprint density at radius 2 is 1.73 bits per heavy atom. The van der Waals surface area contributed by atoms with Gasteiger partial charge in [0.2, 0.25) is 0 Å². The number of hydrogen-bond acceptors (Lipinski definition) is 5. The van der Waals surface area contributed by atoms with Crippen molar-refractivity contribution in [1.82, 2.24) is 9.78 Å². The fourth-order valence-electron chi connectivity index (χ4n) is 3.53. The van der Waals surface area contributed by atoms with Crippen LogP contribution in [0.5, 0.6) is 11.5 Å². The molecule has 30 heavy (non-hydrogen) atoms. The van der Waals surface area contributed by atoms with E-state index in [2.05, 4.69) is 10.4 Å². The first-order chi connectivity index (χ1) is 14.3. The fraction of sp³-hybridized carbons (Fsp3) is 0.238. The number of anilines is 1. The highest BCUT2D eigenvalue weighted by Crippen LogP contribution is 2.36. The lowest BCUT2D eigenvalue weighted by molar-refractivity contribution is -0.137. The van der Waals surface area contributed by atoms with Crippen molar-refractivity contribution >= 4 is 5.69 Å². The Morgan fingerprint density at radius 3 is 2.37 bits per heavy atom. The number of ether oxygens (including phenoxy) is 2. The Hall–Kier alpha value is -3.49. The third-order valence-electron chi connectivity index (χ3n) is 4.93. The van der Waals surface area contributed by atoms with E-state index >= 15 is 0 Å². The van der Waals surface area contributed by atoms with Gasteiger partial charge in [-0.3, -0.25) is 4.79 Å². The van der Waals surface area contributed by atoms with Crippen LogP contribution in [0.2, 0.25) is 0 Å². The zero-order chi connectivity index (χ0) is 21.5. The molecular weight excluding hydrogens is 399 g/mol. The molecule has 0 atom stereocenters. The number of halogens is 3. The first-order valence-corrected chi connectivity index (χ1v) is 9.13. The molecule has 156 valence electrons. The molecule has 1 aliphatic heterocycles. The zero-order valence-electron chi connectivity index (χ0n) is 16.2. The van der Waals surface area contributed by atoms with Crippen LogP contribution in [0.3, 0.4) is 0 Å². The summed E-state index contributed by atoms with van der Waals surface area (Å²) in [4.78, 5) is 13.0. The Morgan fingerprint density at radius 1 is 1.07 bits per heavy atom. The maximum Gasteiger partial charge on any atom is 0.418 e. The van der Waals surface area contributed by atoms with Gasteiger partial charge < -0.3 is 14.8 Å². The summed E-state index contributed by atoms with van der Waals surface area (Å²) in [5.41, 5.74) is -0.0323. The minimum atomic E-state index is -4.64. The largest absolute Gasteiger partial charge is 0.497 e. The van der Waals surface area contributed by atoms with Crippen molar-refractivity contribution in [1.29, 1.82) is 0 Å². The maximum atomic E-state index is 13.6. The number of fused-ring (bicyclic) bond motifs is 1. The van der Waals surface area contributed by atoms with Gasteiger partial charge in [-0.25, -0.2) is 0 Å². The normalized spacial score (nSPS) is 13.0. The molecular formula is C21H18F3N3O3. The van der Waals surface area contributed by atoms with Crippen LogP contribution < -0.4 is 20.3 Å². The van der Waals surface area contributed by atoms with Gasteiger partial charge in [-0.2, -0.15) is 23.0 Å². The number of rotatable bonds is 4. The maximum absolute atomic E-state index is 13.6. The van der Waals surface area contributed by atoms with Crippen LogP contribution in [0.1, 0.15) is 11.1 Å². The first-order valence-electron chi connectivity index (χ1n) is 9.13. The summed E-state index contributed by atoms with van der Waals surface area (Å²) in [6, 6.07) is 9.95. The molecule has 3 aromatic rings. The molecule has 2 aromatic carbocycles. The molecule has 0 amide bonds. The number of benzene rings is 2. The highest BCUT2D eigenvalue weighted by molar-refractivity contribution is 5.74. The van der Waals surface area contributed by atoms with Gasteiger partial charge in [0, 0.05) is 23.7 Å². The van der Waals surface area contributed by atoms with Crippen molar-refractivity contribution in [3.63, 3.8) is 0 Å². The van der Waals surface area contributed by atoms with Crippen molar-refractivity contribution in [3.8, 4) is 28.4 Å². The van der Waals surface area contributed by atoms with Gasteiger partial charge in [0.15, 0.2) is 0 Å². The summed E-state index contributed by atoms with van der Waals surface area (Å²) in [6.07, 6.45) is -4.11. The van der Waals surface area contributed by atoms with E-state index in [9.17, 15) is 18.0 Å². The van der Waals surface area contributed by atoms with Crippen molar-refractivity contribution in [2.75, 3.05) is 26.1 Å². The molecule has 0 saturated heterocycles. The molecule has 0 saturated carbocycles. The lowest BCUT2D eigenvalue weighted by atomic mass is 10.0. The molecule has 1 aromatic heterocycles. The van der Waals surface area contributed by atoms with Crippen LogP contribution in [0.15, 0.2) is 47.3 Å². The minimum absolute atomic E-state index is 0.249. The van der Waals surface area contributed by atoms with Gasteiger partial charge in [-0.15, -0.1) is 0 Å². The van der Waals surface area contributed by atoms with Crippen molar-refractivity contribution in [3.05, 3.63) is 63.9 Å². The van der Waals surface area contributed by atoms with Crippen molar-refractivity contribution < 1.29 is 22.6 Å². The predicted molar refractivity (Wildman–Crippen MR) is 106 cm³/mol. The number of nitrogens with one attached hydrogen (secondary N) is 1. The van der Waals surface area contributed by atoms with Crippen molar-refractivity contribution in [2.45, 2.75) is 12.6 Å². The number of methoxy groups -OCH3 is 2. The molecule has 2 heterocycles. The summed E-state index contributed by atoms with van der Waals surface area (Å²) in [5.74, 6) is 0.999. The first kappa shape index (κ1) is 19.8. The number of alkyl halides is 3. The summed E-state index contributed by atoms with van der Waals surface area (Å²) < 4.78 is 52.1. The summed E-state index contributed by atoms with van der Waals surface area (Å²) >= 11 is 0. The number of aromatic nitrogens is 2. The average molecular weight is 417 g/mol. The number of hydrogen-bond donors (Lipinski definition) is 1. The predicted octanol–water partition coefficient (Wildman–Crippen LogP) is 3.90. The average Bonchev–Trinajstić information content (AvgIpc) is 3.23. The van der Waals surface area contributed by atoms with Gasteiger partial charge in [0.25, 0.3) is 5.56 Å². The SMILES string of the molecule is COc1cc(OC)cc(-c2nn(-c3ccccc3C(F)(F)F)c(=O)c3c2CCN3)c1. The third-order valence-corrected chi connectivity index (χ3v) is 4.93. The van der Waals surface area contributed by atoms with Gasteiger partial charge in [-0.1, -0.05) is 12.1 Å². The molecule has 1 N–H and O–H groups in total. The highest BCUT2D eigenvalue weighted by atomic mass is 19.4. The van der Waals surface area contributed by atoms with Crippen LogP contribution in [-0.4, -0.2) is 30.5 Å². The van der Waals surface area contributed by atoms with E-state index in [1.54, 1.807) is 18.2 Å². The molecule has 0 unspecified atom stereocenters. The van der Waals surface area contributed by atoms with Gasteiger partial charge >= 0.3 is 6.18 Å². The summed E-state index contributed by atoms with van der Waals surface area (Å²) in [6.45, 7) is 0.491. The lowest BCUT2D eigenvalue weighted by Gasteiger charge is -2.17. The van der Waals surface area contributed by atoms with E-state index in [4.69, 9.17) is 9.47 Å². The molecule has 0 aliphatic carbocycles. The van der Waals surface area contributed by atoms with Crippen molar-refractivity contribution in [2.24, 2.45) is 0 Å². The molecule has 0 spiro atoms. The second kappa shape index (κ2) is 7.40. The quantitative estimate of drug-likeness (QED) is 0.698. The van der Waals surface area contributed by atoms with E-state index in [0.29, 0.717) is 41.3 Å². The fourth-order valence-corrected chi connectivity index (χ4v) is 3.53. The van der Waals surface area contributed by atoms with Crippen LogP contribution in [-0.2, 0) is 12.6 Å². The Labute approximate surface area is 169 Å². The highest BCUT2D eigenvalue weighted by Gasteiger charge is 2.35. The topological polar surface area (TPSA) is 65.4 Å². The van der Waals surface area contributed by atoms with E-state index in [1.807, 2.05) is 0 Å². The molecule has 9 heteroatoms. The second-order valence-corrected chi connectivity index (χ2v) is 6.71. The zero-order valence-corrected chi connectivity index (χ0v) is 16.2. The number of nitrogens with zero attached hydrogens (tertiary/aromatic N) is 2. The molecule has 0 radical (unpaired) electrons. The summed E-state index contributed by atoms with van der Waals surface area (Å²) in [7, 11) is 3.00. The van der Waals surface area contributed by atoms with E-state index in [-0.39, 0.29) is 11.4 Å². The van der Waals surface area contributed by atoms with Crippen LogP contribution in [0.25, 0.3) is 16.9 Å². The standard InChI is InChI=1S/C21H18F3N3O3/c1-29-13-9-12(10-14(11-13)30-2)18-15-7-8-25-19(15)20(28)27(26-18)17-6-4-3-5-16(17)21(22,23)24/h3-6,9-11,25H,7-8H2,1-2H3. The molecule has 4 rings (SSSR count). The van der Waals surface area contributed by atoms with Crippen LogP contribution >= 0.6 is 0 Å². The van der Waals surface area contributed by atoms with Crippen LogP contribution in [0, 0.1) is 0 Å². The van der Waals surface area contributed by atoms with Gasteiger partial charge in [0.05, 0.1) is 31.2 Å². The second-order valence-electron chi connectivity index (χ2n) is 6.71. The minimum Gasteiger partial charge on any atom is -0.497 e. The third kappa shape index (κ3) is 3.36. The van der Waals surface area contributed by atoms with E-state index in [0.717, 1.165) is 10.7 Å². The Bertz CT molecular complexity index is 1150. The Kier molecular flexibility index (Phi) is 4.89. The van der Waals surface area contributed by atoms with Crippen LogP contribution in [0.4, 0.5) is 18.9 Å². The van der Waals surface area contributed by atoms with E-state index < -0.39 is 17.3 Å². The molecule has 6 nitrogen and oxygen atoms in total. The lowest BCUT2D eigenvalue weighted by Crippen LogP contribution is -2.26. The smallest absolute Gasteiger partial charge is 0.418 e. The summed E-state index contributed by atoms with van der Waals surface area (Å²) in [5, 5.41) is 7.35. The molecule has 0 fully saturated rings. The molecule has 0 bridgehead atoms.